The van der Waals surface area contributed by atoms with E-state index in [9.17, 15) is 0 Å². The van der Waals surface area contributed by atoms with Crippen LogP contribution in [0.5, 0.6) is 0 Å². The zero-order valence-corrected chi connectivity index (χ0v) is 26.3. The molecule has 226 valence electrons. The van der Waals surface area contributed by atoms with Crippen LogP contribution in [0.2, 0.25) is 0 Å². The van der Waals surface area contributed by atoms with Crippen LogP contribution in [0.1, 0.15) is 0 Å². The van der Waals surface area contributed by atoms with E-state index < -0.39 is 0 Å². The van der Waals surface area contributed by atoms with E-state index in [-0.39, 0.29) is 0 Å². The predicted octanol–water partition coefficient (Wildman–Crippen LogP) is 11.6. The lowest BCUT2D eigenvalue weighted by Gasteiger charge is -2.11. The van der Waals surface area contributed by atoms with Gasteiger partial charge in [0, 0.05) is 48.8 Å². The lowest BCUT2D eigenvalue weighted by atomic mass is 9.99. The maximum Gasteiger partial charge on any atom is 0.0745 e. The summed E-state index contributed by atoms with van der Waals surface area (Å²) in [5.74, 6) is 0. The van der Waals surface area contributed by atoms with Crippen molar-refractivity contribution in [2.45, 2.75) is 0 Å². The van der Waals surface area contributed by atoms with Gasteiger partial charge < -0.3 is 13.5 Å². The standard InChI is InChI=1S/C45H26N4/c1-2-13-28(14-3-1)47-35-20-10-7-17-31(35)41-39(47)25-46-26-40(41)48-37-23-22-27-12-4-5-15-29(27)42(37)44-38(48)24-33-30-16-6-9-19-34(30)49-36-21-11-8-18-32(36)43(44)45(33)49/h1-26H. The molecule has 0 amide bonds. The van der Waals surface area contributed by atoms with Crippen molar-refractivity contribution in [1.29, 1.82) is 0 Å². The molecule has 7 aromatic carbocycles. The van der Waals surface area contributed by atoms with Gasteiger partial charge in [-0.05, 0) is 53.2 Å². The van der Waals surface area contributed by atoms with Gasteiger partial charge in [-0.25, -0.2) is 0 Å². The minimum atomic E-state index is 1.08. The molecule has 0 saturated carbocycles. The average Bonchev–Trinajstić information content (AvgIpc) is 3.89. The number of fused-ring (bicyclic) bond motifs is 15. The minimum Gasteiger partial charge on any atom is -0.308 e. The Morgan fingerprint density at radius 3 is 1.84 bits per heavy atom. The van der Waals surface area contributed by atoms with E-state index in [2.05, 4.69) is 165 Å². The largest absolute Gasteiger partial charge is 0.308 e. The predicted molar refractivity (Wildman–Crippen MR) is 205 cm³/mol. The average molecular weight is 623 g/mol. The first kappa shape index (κ1) is 25.4. The molecule has 0 aliphatic rings. The van der Waals surface area contributed by atoms with Crippen LogP contribution in [0.15, 0.2) is 158 Å². The van der Waals surface area contributed by atoms with Crippen molar-refractivity contribution < 1.29 is 0 Å². The molecule has 0 atom stereocenters. The summed E-state index contributed by atoms with van der Waals surface area (Å²) in [7, 11) is 0. The van der Waals surface area contributed by atoms with E-state index in [0.29, 0.717) is 0 Å². The fourth-order valence-corrected chi connectivity index (χ4v) is 8.95. The summed E-state index contributed by atoms with van der Waals surface area (Å²) in [6, 6.07) is 53.0. The Kier molecular flexibility index (Phi) is 4.69. The molecule has 4 heteroatoms. The molecular weight excluding hydrogens is 597 g/mol. The van der Waals surface area contributed by atoms with Gasteiger partial charge in [-0.3, -0.25) is 4.98 Å². The maximum atomic E-state index is 4.97. The highest BCUT2D eigenvalue weighted by molar-refractivity contribution is 6.38. The molecule has 12 aromatic rings. The van der Waals surface area contributed by atoms with Crippen LogP contribution in [0.3, 0.4) is 0 Å². The van der Waals surface area contributed by atoms with Crippen LogP contribution in [0.25, 0.3) is 104 Å². The Bertz CT molecular complexity index is 3320. The molecule has 5 aromatic heterocycles. The number of benzene rings is 7. The quantitative estimate of drug-likeness (QED) is 0.188. The van der Waals surface area contributed by atoms with Gasteiger partial charge in [0.05, 0.1) is 56.7 Å². The Morgan fingerprint density at radius 1 is 0.367 bits per heavy atom. The highest BCUT2D eigenvalue weighted by Crippen LogP contribution is 2.49. The summed E-state index contributed by atoms with van der Waals surface area (Å²) in [4.78, 5) is 4.97. The smallest absolute Gasteiger partial charge is 0.0745 e. The molecule has 49 heavy (non-hydrogen) atoms. The Balaban J connectivity index is 1.37. The van der Waals surface area contributed by atoms with E-state index >= 15 is 0 Å². The Hall–Kier alpha value is -6.65. The van der Waals surface area contributed by atoms with Gasteiger partial charge in [-0.15, -0.1) is 0 Å². The molecule has 4 nitrogen and oxygen atoms in total. The SMILES string of the molecule is c1ccc(-n2c3ccccc3c3c(-n4c5ccc6ccccc6c5c5c6c7ccccc7n7c8ccccc8c(cc54)c67)cncc32)cc1. The lowest BCUT2D eigenvalue weighted by Crippen LogP contribution is -1.98. The van der Waals surface area contributed by atoms with Gasteiger partial charge in [-0.2, -0.15) is 0 Å². The molecule has 0 N–H and O–H groups in total. The van der Waals surface area contributed by atoms with Gasteiger partial charge >= 0.3 is 0 Å². The number of aromatic nitrogens is 4. The molecular formula is C45H26N4. The number of hydrogen-bond acceptors (Lipinski definition) is 1. The van der Waals surface area contributed by atoms with Gasteiger partial charge in [-0.1, -0.05) is 103 Å². The molecule has 0 radical (unpaired) electrons. The minimum absolute atomic E-state index is 1.08. The topological polar surface area (TPSA) is 27.2 Å². The van der Waals surface area contributed by atoms with Gasteiger partial charge in [0.15, 0.2) is 0 Å². The molecule has 0 aliphatic heterocycles. The number of para-hydroxylation sites is 4. The maximum absolute atomic E-state index is 4.97. The van der Waals surface area contributed by atoms with Crippen molar-refractivity contribution in [2.24, 2.45) is 0 Å². The molecule has 0 aliphatic carbocycles. The number of pyridine rings is 1. The normalized spacial score (nSPS) is 12.5. The molecule has 12 rings (SSSR count). The summed E-state index contributed by atoms with van der Waals surface area (Å²) in [5, 5.41) is 12.6. The van der Waals surface area contributed by atoms with Crippen LogP contribution in [0.4, 0.5) is 0 Å². The summed E-state index contributed by atoms with van der Waals surface area (Å²) >= 11 is 0. The van der Waals surface area contributed by atoms with Crippen LogP contribution < -0.4 is 0 Å². The third-order valence-corrected chi connectivity index (χ3v) is 10.8. The summed E-state index contributed by atoms with van der Waals surface area (Å²) in [6.45, 7) is 0. The Labute approximate surface area is 279 Å². The van der Waals surface area contributed by atoms with Crippen molar-refractivity contribution in [1.82, 2.24) is 18.5 Å². The first-order valence-electron chi connectivity index (χ1n) is 16.8. The molecule has 0 spiro atoms. The van der Waals surface area contributed by atoms with E-state index in [1.54, 1.807) is 0 Å². The van der Waals surface area contributed by atoms with Crippen molar-refractivity contribution in [2.75, 3.05) is 0 Å². The fraction of sp³-hybridized carbons (Fsp3) is 0. The summed E-state index contributed by atoms with van der Waals surface area (Å²) in [6.07, 6.45) is 4.09. The molecule has 0 fully saturated rings. The second-order valence-electron chi connectivity index (χ2n) is 13.2. The van der Waals surface area contributed by atoms with E-state index in [1.807, 2.05) is 6.20 Å². The van der Waals surface area contributed by atoms with Crippen molar-refractivity contribution in [3.05, 3.63) is 158 Å². The van der Waals surface area contributed by atoms with E-state index in [1.165, 1.54) is 87.0 Å². The van der Waals surface area contributed by atoms with Gasteiger partial charge in [0.2, 0.25) is 0 Å². The summed E-state index contributed by atoms with van der Waals surface area (Å²) in [5.41, 5.74) is 10.6. The van der Waals surface area contributed by atoms with Crippen LogP contribution in [0, 0.1) is 0 Å². The van der Waals surface area contributed by atoms with Crippen LogP contribution >= 0.6 is 0 Å². The molecule has 0 bridgehead atoms. The monoisotopic (exact) mass is 622 g/mol. The number of nitrogens with zero attached hydrogens (tertiary/aromatic N) is 4. The third kappa shape index (κ3) is 3.07. The highest BCUT2D eigenvalue weighted by Gasteiger charge is 2.26. The van der Waals surface area contributed by atoms with Crippen molar-refractivity contribution in [3.63, 3.8) is 0 Å². The second kappa shape index (κ2) is 9.03. The number of hydrogen-bond donors (Lipinski definition) is 0. The van der Waals surface area contributed by atoms with E-state index in [0.717, 1.165) is 16.9 Å². The first-order chi connectivity index (χ1) is 24.4. The van der Waals surface area contributed by atoms with E-state index in [4.69, 9.17) is 4.98 Å². The highest BCUT2D eigenvalue weighted by atomic mass is 15.0. The second-order valence-corrected chi connectivity index (χ2v) is 13.2. The van der Waals surface area contributed by atoms with Gasteiger partial charge in [0.1, 0.15) is 0 Å². The van der Waals surface area contributed by atoms with Crippen molar-refractivity contribution >= 4 is 92.5 Å². The number of rotatable bonds is 2. The van der Waals surface area contributed by atoms with Crippen molar-refractivity contribution in [3.8, 4) is 11.4 Å². The fourth-order valence-electron chi connectivity index (χ4n) is 8.95. The first-order valence-corrected chi connectivity index (χ1v) is 16.8. The molecule has 0 unspecified atom stereocenters. The van der Waals surface area contributed by atoms with Gasteiger partial charge in [0.25, 0.3) is 0 Å². The Morgan fingerprint density at radius 2 is 1.02 bits per heavy atom. The molecule has 5 heterocycles. The van der Waals surface area contributed by atoms with Crippen LogP contribution in [-0.2, 0) is 0 Å². The summed E-state index contributed by atoms with van der Waals surface area (Å²) < 4.78 is 7.34. The van der Waals surface area contributed by atoms with Crippen LogP contribution in [-0.4, -0.2) is 18.5 Å². The molecule has 0 saturated heterocycles. The third-order valence-electron chi connectivity index (χ3n) is 10.8. The zero-order valence-electron chi connectivity index (χ0n) is 26.3. The zero-order chi connectivity index (χ0) is 31.8. The lowest BCUT2D eigenvalue weighted by molar-refractivity contribution is 1.14.